The molecular weight excluding hydrogens is 228 g/mol. The van der Waals surface area contributed by atoms with Gasteiger partial charge >= 0.3 is 0 Å². The van der Waals surface area contributed by atoms with Crippen molar-refractivity contribution in [3.63, 3.8) is 0 Å². The molecule has 1 aromatic carbocycles. The van der Waals surface area contributed by atoms with Crippen molar-refractivity contribution < 1.29 is 9.21 Å². The van der Waals surface area contributed by atoms with Crippen LogP contribution in [0.25, 0.3) is 11.1 Å². The van der Waals surface area contributed by atoms with Crippen LogP contribution in [0.3, 0.4) is 0 Å². The first kappa shape index (κ1) is 11.3. The molecule has 0 radical (unpaired) electrons. The van der Waals surface area contributed by atoms with E-state index in [1.54, 1.807) is 18.2 Å². The monoisotopic (exact) mass is 244 g/mol. The van der Waals surface area contributed by atoms with Crippen molar-refractivity contribution >= 4 is 17.0 Å². The SMILES string of the molecule is O=C(NC1CCCCC1)c1ccc2ocnc2c1. The highest BCUT2D eigenvalue weighted by molar-refractivity contribution is 5.97. The molecule has 4 heteroatoms. The number of amides is 1. The summed E-state index contributed by atoms with van der Waals surface area (Å²) in [6.45, 7) is 0. The van der Waals surface area contributed by atoms with E-state index in [1.807, 2.05) is 0 Å². The van der Waals surface area contributed by atoms with Crippen LogP contribution in [0.15, 0.2) is 29.0 Å². The molecule has 0 bridgehead atoms. The number of rotatable bonds is 2. The van der Waals surface area contributed by atoms with Crippen molar-refractivity contribution in [1.29, 1.82) is 0 Å². The topological polar surface area (TPSA) is 55.1 Å². The molecule has 0 atom stereocenters. The average molecular weight is 244 g/mol. The Bertz CT molecular complexity index is 556. The quantitative estimate of drug-likeness (QED) is 0.883. The zero-order valence-electron chi connectivity index (χ0n) is 10.2. The summed E-state index contributed by atoms with van der Waals surface area (Å²) in [5, 5.41) is 3.09. The Hall–Kier alpha value is -1.84. The molecule has 1 aliphatic rings. The van der Waals surface area contributed by atoms with Gasteiger partial charge in [0.15, 0.2) is 12.0 Å². The highest BCUT2D eigenvalue weighted by atomic mass is 16.3. The lowest BCUT2D eigenvalue weighted by atomic mass is 9.95. The smallest absolute Gasteiger partial charge is 0.251 e. The van der Waals surface area contributed by atoms with Crippen LogP contribution >= 0.6 is 0 Å². The van der Waals surface area contributed by atoms with Crippen molar-refractivity contribution in [2.75, 3.05) is 0 Å². The molecule has 1 aromatic heterocycles. The second-order valence-electron chi connectivity index (χ2n) is 4.84. The lowest BCUT2D eigenvalue weighted by Gasteiger charge is -2.22. The molecule has 1 fully saturated rings. The number of hydrogen-bond acceptors (Lipinski definition) is 3. The third kappa shape index (κ3) is 2.23. The van der Waals surface area contributed by atoms with E-state index in [-0.39, 0.29) is 5.91 Å². The van der Waals surface area contributed by atoms with Gasteiger partial charge in [0.2, 0.25) is 0 Å². The Balaban J connectivity index is 1.74. The number of hydrogen-bond donors (Lipinski definition) is 1. The van der Waals surface area contributed by atoms with Gasteiger partial charge in [0.1, 0.15) is 5.52 Å². The fraction of sp³-hybridized carbons (Fsp3) is 0.429. The molecular formula is C14H16N2O2. The Morgan fingerprint density at radius 3 is 2.94 bits per heavy atom. The summed E-state index contributed by atoms with van der Waals surface area (Å²) in [7, 11) is 0. The maximum Gasteiger partial charge on any atom is 0.251 e. The molecule has 1 heterocycles. The Kier molecular flexibility index (Phi) is 3.00. The number of benzene rings is 1. The first-order valence-corrected chi connectivity index (χ1v) is 6.47. The van der Waals surface area contributed by atoms with Gasteiger partial charge < -0.3 is 9.73 Å². The molecule has 4 nitrogen and oxygen atoms in total. The van der Waals surface area contributed by atoms with E-state index in [4.69, 9.17) is 4.42 Å². The summed E-state index contributed by atoms with van der Waals surface area (Å²) in [4.78, 5) is 16.2. The van der Waals surface area contributed by atoms with Crippen LogP contribution in [-0.2, 0) is 0 Å². The van der Waals surface area contributed by atoms with Crippen LogP contribution in [0.2, 0.25) is 0 Å². The van der Waals surface area contributed by atoms with Crippen LogP contribution in [0, 0.1) is 0 Å². The van der Waals surface area contributed by atoms with E-state index < -0.39 is 0 Å². The second kappa shape index (κ2) is 4.80. The number of aromatic nitrogens is 1. The van der Waals surface area contributed by atoms with Crippen LogP contribution in [0.5, 0.6) is 0 Å². The van der Waals surface area contributed by atoms with Gasteiger partial charge in [-0.1, -0.05) is 19.3 Å². The van der Waals surface area contributed by atoms with Crippen molar-refractivity contribution in [3.8, 4) is 0 Å². The first-order valence-electron chi connectivity index (χ1n) is 6.47. The van der Waals surface area contributed by atoms with Gasteiger partial charge in [-0.3, -0.25) is 4.79 Å². The van der Waals surface area contributed by atoms with Crippen LogP contribution in [0.4, 0.5) is 0 Å². The minimum absolute atomic E-state index is 0.00759. The van der Waals surface area contributed by atoms with Crippen molar-refractivity contribution in [2.24, 2.45) is 0 Å². The fourth-order valence-corrected chi connectivity index (χ4v) is 2.51. The minimum Gasteiger partial charge on any atom is -0.443 e. The zero-order valence-corrected chi connectivity index (χ0v) is 10.2. The summed E-state index contributed by atoms with van der Waals surface area (Å²) in [6, 6.07) is 5.68. The van der Waals surface area contributed by atoms with Crippen LogP contribution in [-0.4, -0.2) is 16.9 Å². The number of nitrogens with one attached hydrogen (secondary N) is 1. The Morgan fingerprint density at radius 1 is 1.28 bits per heavy atom. The average Bonchev–Trinajstić information content (AvgIpc) is 2.87. The molecule has 1 N–H and O–H groups in total. The van der Waals surface area contributed by atoms with E-state index in [9.17, 15) is 4.79 Å². The van der Waals surface area contributed by atoms with Crippen LogP contribution in [0.1, 0.15) is 42.5 Å². The molecule has 0 unspecified atom stereocenters. The molecule has 0 spiro atoms. The number of carbonyl (C=O) groups excluding carboxylic acids is 1. The van der Waals surface area contributed by atoms with E-state index >= 15 is 0 Å². The standard InChI is InChI=1S/C14H16N2O2/c17-14(16-11-4-2-1-3-5-11)10-6-7-13-12(8-10)15-9-18-13/h6-9,11H,1-5H2,(H,16,17). The molecule has 1 aliphatic carbocycles. The van der Waals surface area contributed by atoms with Gasteiger partial charge in [-0.25, -0.2) is 4.98 Å². The number of carbonyl (C=O) groups is 1. The molecule has 0 saturated heterocycles. The highest BCUT2D eigenvalue weighted by Crippen LogP contribution is 2.19. The predicted molar refractivity (Wildman–Crippen MR) is 68.3 cm³/mol. The zero-order chi connectivity index (χ0) is 12.4. The van der Waals surface area contributed by atoms with E-state index in [0.29, 0.717) is 17.2 Å². The van der Waals surface area contributed by atoms with Crippen molar-refractivity contribution in [1.82, 2.24) is 10.3 Å². The van der Waals surface area contributed by atoms with Crippen molar-refractivity contribution in [3.05, 3.63) is 30.2 Å². The lowest BCUT2D eigenvalue weighted by Crippen LogP contribution is -2.36. The van der Waals surface area contributed by atoms with Gasteiger partial charge in [-0.15, -0.1) is 0 Å². The van der Waals surface area contributed by atoms with Gasteiger partial charge in [0.25, 0.3) is 5.91 Å². The summed E-state index contributed by atoms with van der Waals surface area (Å²) in [5.41, 5.74) is 2.09. The fourth-order valence-electron chi connectivity index (χ4n) is 2.51. The van der Waals surface area contributed by atoms with Gasteiger partial charge in [0, 0.05) is 11.6 Å². The lowest BCUT2D eigenvalue weighted by molar-refractivity contribution is 0.0928. The summed E-state index contributed by atoms with van der Waals surface area (Å²) >= 11 is 0. The molecule has 94 valence electrons. The first-order chi connectivity index (χ1) is 8.83. The molecule has 2 aromatic rings. The summed E-state index contributed by atoms with van der Waals surface area (Å²) < 4.78 is 5.16. The van der Waals surface area contributed by atoms with E-state index in [1.165, 1.54) is 25.7 Å². The summed E-state index contributed by atoms with van der Waals surface area (Å²) in [6.07, 6.45) is 7.31. The second-order valence-corrected chi connectivity index (χ2v) is 4.84. The van der Waals surface area contributed by atoms with E-state index in [0.717, 1.165) is 18.4 Å². The van der Waals surface area contributed by atoms with Crippen LogP contribution < -0.4 is 5.32 Å². The maximum atomic E-state index is 12.1. The third-order valence-electron chi connectivity index (χ3n) is 3.53. The number of fused-ring (bicyclic) bond motifs is 1. The van der Waals surface area contributed by atoms with Crippen molar-refractivity contribution in [2.45, 2.75) is 38.1 Å². The molecule has 18 heavy (non-hydrogen) atoms. The molecule has 3 rings (SSSR count). The highest BCUT2D eigenvalue weighted by Gasteiger charge is 2.17. The maximum absolute atomic E-state index is 12.1. The largest absolute Gasteiger partial charge is 0.443 e. The molecule has 1 saturated carbocycles. The number of nitrogens with zero attached hydrogens (tertiary/aromatic N) is 1. The number of oxazole rings is 1. The minimum atomic E-state index is -0.00759. The normalized spacial score (nSPS) is 16.9. The van der Waals surface area contributed by atoms with Gasteiger partial charge in [-0.05, 0) is 31.0 Å². The Labute approximate surface area is 105 Å². The summed E-state index contributed by atoms with van der Waals surface area (Å²) in [5.74, 6) is -0.00759. The molecule has 1 amide bonds. The van der Waals surface area contributed by atoms with Gasteiger partial charge in [0.05, 0.1) is 0 Å². The predicted octanol–water partition coefficient (Wildman–Crippen LogP) is 2.89. The van der Waals surface area contributed by atoms with Gasteiger partial charge in [-0.2, -0.15) is 0 Å². The van der Waals surface area contributed by atoms with E-state index in [2.05, 4.69) is 10.3 Å². The third-order valence-corrected chi connectivity index (χ3v) is 3.53. The Morgan fingerprint density at radius 2 is 2.11 bits per heavy atom. The molecule has 0 aliphatic heterocycles.